The van der Waals surface area contributed by atoms with Gasteiger partial charge in [-0.05, 0) is 24.1 Å². The van der Waals surface area contributed by atoms with E-state index in [9.17, 15) is 19.7 Å². The van der Waals surface area contributed by atoms with Crippen LogP contribution in [-0.2, 0) is 9.59 Å². The van der Waals surface area contributed by atoms with Crippen molar-refractivity contribution in [3.63, 3.8) is 0 Å². The van der Waals surface area contributed by atoms with Crippen LogP contribution >= 0.6 is 0 Å². The van der Waals surface area contributed by atoms with Crippen LogP contribution in [-0.4, -0.2) is 45.9 Å². The fourth-order valence-corrected chi connectivity index (χ4v) is 4.77. The van der Waals surface area contributed by atoms with Crippen molar-refractivity contribution in [2.45, 2.75) is 18.5 Å². The molecule has 2 amide bonds. The molecule has 8 heteroatoms. The van der Waals surface area contributed by atoms with Gasteiger partial charge in [-0.2, -0.15) is 0 Å². The summed E-state index contributed by atoms with van der Waals surface area (Å²) in [6, 6.07) is 14.4. The molecular formula is C20H18N4O4. The zero-order valence-electron chi connectivity index (χ0n) is 15.0. The minimum absolute atomic E-state index is 0.0108. The maximum Gasteiger partial charge on any atom is 0.269 e. The van der Waals surface area contributed by atoms with Gasteiger partial charge < -0.3 is 0 Å². The van der Waals surface area contributed by atoms with Crippen LogP contribution in [0.5, 0.6) is 0 Å². The molecule has 28 heavy (non-hydrogen) atoms. The zero-order valence-corrected chi connectivity index (χ0v) is 15.0. The normalized spacial score (nSPS) is 27.3. The Hall–Kier alpha value is -3.10. The molecule has 0 unspecified atom stereocenters. The number of amides is 2. The number of nitrogens with zero attached hydrogens (tertiary/aromatic N) is 4. The van der Waals surface area contributed by atoms with Gasteiger partial charge in [0.2, 0.25) is 5.91 Å². The first-order chi connectivity index (χ1) is 13.6. The minimum Gasteiger partial charge on any atom is -0.274 e. The molecule has 142 valence electrons. The summed E-state index contributed by atoms with van der Waals surface area (Å²) < 4.78 is 0. The third-order valence-electron chi connectivity index (χ3n) is 5.84. The first kappa shape index (κ1) is 17.0. The van der Waals surface area contributed by atoms with Crippen molar-refractivity contribution in [2.24, 2.45) is 5.92 Å². The zero-order chi connectivity index (χ0) is 19.4. The average molecular weight is 378 g/mol. The van der Waals surface area contributed by atoms with E-state index in [0.717, 1.165) is 13.0 Å². The van der Waals surface area contributed by atoms with Gasteiger partial charge in [-0.1, -0.05) is 30.3 Å². The van der Waals surface area contributed by atoms with Crippen LogP contribution in [0.4, 0.5) is 11.4 Å². The third-order valence-corrected chi connectivity index (χ3v) is 5.84. The van der Waals surface area contributed by atoms with Gasteiger partial charge in [0.15, 0.2) is 0 Å². The number of anilines is 1. The number of carbonyl (C=O) groups excluding carboxylic acids is 2. The lowest BCUT2D eigenvalue weighted by molar-refractivity contribution is -0.385. The topological polar surface area (TPSA) is 87.0 Å². The second kappa shape index (κ2) is 6.22. The maximum absolute atomic E-state index is 13.3. The average Bonchev–Trinajstić information content (AvgIpc) is 3.34. The summed E-state index contributed by atoms with van der Waals surface area (Å²) in [5.74, 6) is -1.04. The van der Waals surface area contributed by atoms with Crippen LogP contribution in [0.25, 0.3) is 0 Å². The third kappa shape index (κ3) is 2.31. The number of hydrogen-bond acceptors (Lipinski definition) is 6. The summed E-state index contributed by atoms with van der Waals surface area (Å²) in [4.78, 5) is 38.6. The number of nitro groups is 1. The second-order valence-corrected chi connectivity index (χ2v) is 7.29. The van der Waals surface area contributed by atoms with Crippen molar-refractivity contribution >= 4 is 23.2 Å². The molecule has 2 aromatic rings. The molecule has 0 radical (unpaired) electrons. The lowest BCUT2D eigenvalue weighted by Crippen LogP contribution is -2.44. The number of para-hydroxylation sites is 1. The molecule has 2 aromatic carbocycles. The molecule has 8 nitrogen and oxygen atoms in total. The molecule has 0 N–H and O–H groups in total. The van der Waals surface area contributed by atoms with Gasteiger partial charge in [-0.25, -0.2) is 14.9 Å². The van der Waals surface area contributed by atoms with Gasteiger partial charge in [0.25, 0.3) is 11.6 Å². The Kier molecular flexibility index (Phi) is 3.78. The van der Waals surface area contributed by atoms with E-state index in [1.807, 2.05) is 16.1 Å². The molecule has 5 rings (SSSR count). The number of nitro benzene ring substituents is 1. The fourth-order valence-electron chi connectivity index (χ4n) is 4.77. The van der Waals surface area contributed by atoms with Gasteiger partial charge in [-0.3, -0.25) is 19.7 Å². The number of carbonyl (C=O) groups is 2. The summed E-state index contributed by atoms with van der Waals surface area (Å²) in [5.41, 5.74) is 1.25. The predicted molar refractivity (Wildman–Crippen MR) is 100 cm³/mol. The molecule has 3 aliphatic heterocycles. The number of fused-ring (bicyclic) bond motifs is 3. The smallest absolute Gasteiger partial charge is 0.269 e. The van der Waals surface area contributed by atoms with Crippen molar-refractivity contribution in [3.8, 4) is 0 Å². The van der Waals surface area contributed by atoms with Crippen LogP contribution in [0.2, 0.25) is 0 Å². The number of hydrazine groups is 1. The first-order valence-corrected chi connectivity index (χ1v) is 9.28. The second-order valence-electron chi connectivity index (χ2n) is 7.29. The van der Waals surface area contributed by atoms with Crippen molar-refractivity contribution in [1.82, 2.24) is 10.0 Å². The van der Waals surface area contributed by atoms with E-state index in [1.54, 1.807) is 36.4 Å². The SMILES string of the molecule is O=C1[C@H]2[C@@H](C(=O)N1c1ccccc1)N1CCCN1[C@H]2c1cccc([N+](=O)[O-])c1. The minimum atomic E-state index is -0.574. The first-order valence-electron chi connectivity index (χ1n) is 9.28. The van der Waals surface area contributed by atoms with Crippen molar-refractivity contribution in [3.05, 3.63) is 70.3 Å². The Balaban J connectivity index is 1.59. The van der Waals surface area contributed by atoms with Crippen molar-refractivity contribution in [1.29, 1.82) is 0 Å². The number of benzene rings is 2. The lowest BCUT2D eigenvalue weighted by atomic mass is 9.89. The Morgan fingerprint density at radius 2 is 1.61 bits per heavy atom. The maximum atomic E-state index is 13.3. The van der Waals surface area contributed by atoms with E-state index in [0.29, 0.717) is 17.8 Å². The molecule has 3 aliphatic rings. The standard InChI is InChI=1S/C20H18N4O4/c25-19-16-17(13-6-4-9-15(12-13)24(27)28)21-10-5-11-22(21)18(16)20(26)23(19)14-7-2-1-3-8-14/h1-4,6-9,12,16-18H,5,10-11H2/t16-,17+,18+/m1/s1. The molecule has 0 aromatic heterocycles. The van der Waals surface area contributed by atoms with Gasteiger partial charge >= 0.3 is 0 Å². The van der Waals surface area contributed by atoms with Crippen LogP contribution in [0.3, 0.4) is 0 Å². The van der Waals surface area contributed by atoms with E-state index in [2.05, 4.69) is 0 Å². The Labute approximate surface area is 161 Å². The number of rotatable bonds is 3. The highest BCUT2D eigenvalue weighted by Gasteiger charge is 2.62. The van der Waals surface area contributed by atoms with E-state index >= 15 is 0 Å². The summed E-state index contributed by atoms with van der Waals surface area (Å²) >= 11 is 0. The highest BCUT2D eigenvalue weighted by Crippen LogP contribution is 2.49. The molecule has 0 aliphatic carbocycles. The van der Waals surface area contributed by atoms with Crippen molar-refractivity contribution in [2.75, 3.05) is 18.0 Å². The quantitative estimate of drug-likeness (QED) is 0.462. The lowest BCUT2D eigenvalue weighted by Gasteiger charge is -2.29. The molecular weight excluding hydrogens is 360 g/mol. The molecule has 3 atom stereocenters. The van der Waals surface area contributed by atoms with Crippen LogP contribution in [0.15, 0.2) is 54.6 Å². The summed E-state index contributed by atoms with van der Waals surface area (Å²) in [6.45, 7) is 1.43. The largest absolute Gasteiger partial charge is 0.274 e. The van der Waals surface area contributed by atoms with E-state index in [4.69, 9.17) is 0 Å². The predicted octanol–water partition coefficient (Wildman–Crippen LogP) is 2.13. The van der Waals surface area contributed by atoms with Crippen LogP contribution in [0.1, 0.15) is 18.0 Å². The van der Waals surface area contributed by atoms with Crippen molar-refractivity contribution < 1.29 is 14.5 Å². The summed E-state index contributed by atoms with van der Waals surface area (Å²) in [7, 11) is 0. The van der Waals surface area contributed by atoms with Gasteiger partial charge in [-0.15, -0.1) is 0 Å². The molecule has 3 heterocycles. The van der Waals surface area contributed by atoms with Crippen LogP contribution in [0, 0.1) is 16.0 Å². The monoisotopic (exact) mass is 378 g/mol. The number of imide groups is 1. The fraction of sp³-hybridized carbons (Fsp3) is 0.300. The van der Waals surface area contributed by atoms with E-state index in [-0.39, 0.29) is 23.5 Å². The molecule has 0 spiro atoms. The Bertz CT molecular complexity index is 979. The van der Waals surface area contributed by atoms with Crippen LogP contribution < -0.4 is 4.90 Å². The molecule has 3 saturated heterocycles. The molecule has 3 fully saturated rings. The molecule has 0 bridgehead atoms. The Morgan fingerprint density at radius 3 is 2.32 bits per heavy atom. The van der Waals surface area contributed by atoms with Gasteiger partial charge in [0.1, 0.15) is 6.04 Å². The number of non-ortho nitro benzene ring substituents is 1. The van der Waals surface area contributed by atoms with E-state index in [1.165, 1.54) is 17.0 Å². The highest BCUT2D eigenvalue weighted by atomic mass is 16.6. The Morgan fingerprint density at radius 1 is 0.893 bits per heavy atom. The summed E-state index contributed by atoms with van der Waals surface area (Å²) in [6.07, 6.45) is 0.890. The summed E-state index contributed by atoms with van der Waals surface area (Å²) in [5, 5.41) is 15.3. The molecule has 0 saturated carbocycles. The highest BCUT2D eigenvalue weighted by molar-refractivity contribution is 6.24. The van der Waals surface area contributed by atoms with Gasteiger partial charge in [0, 0.05) is 25.2 Å². The number of hydrogen-bond donors (Lipinski definition) is 0. The van der Waals surface area contributed by atoms with Gasteiger partial charge in [0.05, 0.1) is 22.6 Å². The van der Waals surface area contributed by atoms with E-state index < -0.39 is 16.9 Å².